The summed E-state index contributed by atoms with van der Waals surface area (Å²) >= 11 is 0. The van der Waals surface area contributed by atoms with Gasteiger partial charge in [-0.15, -0.1) is 0 Å². The summed E-state index contributed by atoms with van der Waals surface area (Å²) in [7, 11) is 1.85. The van der Waals surface area contributed by atoms with E-state index >= 15 is 0 Å². The van der Waals surface area contributed by atoms with E-state index in [-0.39, 0.29) is 0 Å². The highest BCUT2D eigenvalue weighted by atomic mass is 15.3. The first kappa shape index (κ1) is 10.4. The predicted octanol–water partition coefficient (Wildman–Crippen LogP) is 0.447. The van der Waals surface area contributed by atoms with Gasteiger partial charge in [-0.1, -0.05) is 0 Å². The summed E-state index contributed by atoms with van der Waals surface area (Å²) in [6.07, 6.45) is 4.11. The van der Waals surface area contributed by atoms with E-state index in [0.717, 1.165) is 24.5 Å². The van der Waals surface area contributed by atoms with Crippen LogP contribution in [-0.2, 0) is 13.5 Å². The molecule has 0 saturated carbocycles. The van der Waals surface area contributed by atoms with Gasteiger partial charge in [-0.05, 0) is 12.1 Å². The first-order valence-electron chi connectivity index (χ1n) is 5.04. The number of nitrogen functional groups attached to an aromatic ring is 1. The lowest BCUT2D eigenvalue weighted by molar-refractivity contribution is 0.742. The molecule has 2 aromatic rings. The van der Waals surface area contributed by atoms with E-state index in [9.17, 15) is 0 Å². The zero-order chi connectivity index (χ0) is 11.4. The summed E-state index contributed by atoms with van der Waals surface area (Å²) in [5.41, 5.74) is 6.54. The molecule has 0 atom stereocenters. The van der Waals surface area contributed by atoms with Crippen molar-refractivity contribution in [2.45, 2.75) is 6.42 Å². The second-order valence-corrected chi connectivity index (χ2v) is 3.45. The molecule has 0 spiro atoms. The van der Waals surface area contributed by atoms with E-state index in [2.05, 4.69) is 20.4 Å². The quantitative estimate of drug-likeness (QED) is 0.778. The van der Waals surface area contributed by atoms with E-state index in [0.29, 0.717) is 5.82 Å². The number of hydrogen-bond acceptors (Lipinski definition) is 5. The molecule has 2 rings (SSSR count). The molecule has 0 saturated heterocycles. The molecule has 0 aliphatic carbocycles. The lowest BCUT2D eigenvalue weighted by atomic mass is 10.3. The SMILES string of the molecule is Cn1cnc(CCNc2cccnc2N)n1. The van der Waals surface area contributed by atoms with Crippen LogP contribution in [0.3, 0.4) is 0 Å². The fourth-order valence-electron chi connectivity index (χ4n) is 1.37. The molecule has 3 N–H and O–H groups in total. The van der Waals surface area contributed by atoms with Crippen LogP contribution in [0.1, 0.15) is 5.82 Å². The first-order valence-corrected chi connectivity index (χ1v) is 5.04. The maximum absolute atomic E-state index is 5.70. The number of rotatable bonds is 4. The second kappa shape index (κ2) is 4.61. The normalized spacial score (nSPS) is 10.3. The van der Waals surface area contributed by atoms with Gasteiger partial charge in [0.25, 0.3) is 0 Å². The van der Waals surface area contributed by atoms with E-state index in [1.165, 1.54) is 0 Å². The average molecular weight is 218 g/mol. The van der Waals surface area contributed by atoms with Crippen molar-refractivity contribution in [3.63, 3.8) is 0 Å². The Hall–Kier alpha value is -2.11. The third kappa shape index (κ3) is 2.47. The summed E-state index contributed by atoms with van der Waals surface area (Å²) in [6.45, 7) is 0.736. The van der Waals surface area contributed by atoms with Gasteiger partial charge < -0.3 is 11.1 Å². The van der Waals surface area contributed by atoms with E-state index in [1.54, 1.807) is 17.2 Å². The molecule has 6 nitrogen and oxygen atoms in total. The highest BCUT2D eigenvalue weighted by Gasteiger charge is 2.00. The van der Waals surface area contributed by atoms with Crippen molar-refractivity contribution < 1.29 is 0 Å². The highest BCUT2D eigenvalue weighted by molar-refractivity contribution is 5.60. The van der Waals surface area contributed by atoms with Gasteiger partial charge in [0.2, 0.25) is 0 Å². The van der Waals surface area contributed by atoms with Crippen molar-refractivity contribution in [3.05, 3.63) is 30.5 Å². The number of pyridine rings is 1. The molecule has 0 unspecified atom stereocenters. The first-order chi connectivity index (χ1) is 7.75. The average Bonchev–Trinajstić information content (AvgIpc) is 2.67. The molecule has 0 amide bonds. The third-order valence-electron chi connectivity index (χ3n) is 2.15. The molecule has 84 valence electrons. The van der Waals surface area contributed by atoms with Gasteiger partial charge in [0.1, 0.15) is 12.1 Å². The molecular weight excluding hydrogens is 204 g/mol. The van der Waals surface area contributed by atoms with Gasteiger partial charge in [-0.3, -0.25) is 4.68 Å². The van der Waals surface area contributed by atoms with Gasteiger partial charge >= 0.3 is 0 Å². The number of hydrogen-bond donors (Lipinski definition) is 2. The van der Waals surface area contributed by atoms with Crippen molar-refractivity contribution >= 4 is 11.5 Å². The fourth-order valence-corrected chi connectivity index (χ4v) is 1.37. The summed E-state index contributed by atoms with van der Waals surface area (Å²) < 4.78 is 1.69. The van der Waals surface area contributed by atoms with Crippen molar-refractivity contribution in [3.8, 4) is 0 Å². The standard InChI is InChI=1S/C10H14N6/c1-16-7-14-9(15-16)4-6-12-8-3-2-5-13-10(8)11/h2-3,5,7,12H,4,6H2,1H3,(H2,11,13). The van der Waals surface area contributed by atoms with Crippen LogP contribution in [0.2, 0.25) is 0 Å². The van der Waals surface area contributed by atoms with Gasteiger partial charge in [-0.25, -0.2) is 9.97 Å². The van der Waals surface area contributed by atoms with Crippen molar-refractivity contribution in [2.75, 3.05) is 17.6 Å². The van der Waals surface area contributed by atoms with Crippen LogP contribution >= 0.6 is 0 Å². The van der Waals surface area contributed by atoms with Gasteiger partial charge in [0.05, 0.1) is 5.69 Å². The molecule has 2 heterocycles. The Morgan fingerprint density at radius 3 is 3.00 bits per heavy atom. The Kier molecular flexibility index (Phi) is 3.00. The molecule has 2 aromatic heterocycles. The van der Waals surface area contributed by atoms with E-state index in [4.69, 9.17) is 5.73 Å². The Morgan fingerprint density at radius 1 is 1.44 bits per heavy atom. The van der Waals surface area contributed by atoms with Gasteiger partial charge in [0.15, 0.2) is 5.82 Å². The smallest absolute Gasteiger partial charge is 0.152 e. The zero-order valence-electron chi connectivity index (χ0n) is 9.09. The van der Waals surface area contributed by atoms with Crippen LogP contribution in [-0.4, -0.2) is 26.3 Å². The van der Waals surface area contributed by atoms with Crippen molar-refractivity contribution in [1.82, 2.24) is 19.7 Å². The Labute approximate surface area is 93.5 Å². The van der Waals surface area contributed by atoms with Crippen molar-refractivity contribution in [1.29, 1.82) is 0 Å². The number of nitrogens with two attached hydrogens (primary N) is 1. The van der Waals surface area contributed by atoms with Crippen LogP contribution in [0, 0.1) is 0 Å². The lowest BCUT2D eigenvalue weighted by Gasteiger charge is -2.06. The van der Waals surface area contributed by atoms with Crippen LogP contribution < -0.4 is 11.1 Å². The molecule has 0 fully saturated rings. The minimum atomic E-state index is 0.511. The van der Waals surface area contributed by atoms with Crippen LogP contribution in [0.4, 0.5) is 11.5 Å². The van der Waals surface area contributed by atoms with E-state index in [1.807, 2.05) is 19.2 Å². The Balaban J connectivity index is 1.87. The lowest BCUT2D eigenvalue weighted by Crippen LogP contribution is -2.08. The van der Waals surface area contributed by atoms with E-state index < -0.39 is 0 Å². The van der Waals surface area contributed by atoms with Crippen LogP contribution in [0.15, 0.2) is 24.7 Å². The van der Waals surface area contributed by atoms with Crippen LogP contribution in [0.25, 0.3) is 0 Å². The maximum Gasteiger partial charge on any atom is 0.152 e. The number of anilines is 2. The van der Waals surface area contributed by atoms with Crippen molar-refractivity contribution in [2.24, 2.45) is 7.05 Å². The summed E-state index contributed by atoms with van der Waals surface area (Å²) in [4.78, 5) is 8.12. The molecular formula is C10H14N6. The molecule has 0 aliphatic heterocycles. The molecule has 16 heavy (non-hydrogen) atoms. The summed E-state index contributed by atoms with van der Waals surface area (Å²) in [5, 5.41) is 7.38. The maximum atomic E-state index is 5.70. The van der Waals surface area contributed by atoms with Gasteiger partial charge in [0, 0.05) is 26.2 Å². The molecule has 0 radical (unpaired) electrons. The Morgan fingerprint density at radius 2 is 2.31 bits per heavy atom. The molecule has 0 aliphatic rings. The number of nitrogens with one attached hydrogen (secondary N) is 1. The predicted molar refractivity (Wildman–Crippen MR) is 61.8 cm³/mol. The molecule has 0 aromatic carbocycles. The number of aryl methyl sites for hydroxylation is 1. The Bertz CT molecular complexity index is 464. The topological polar surface area (TPSA) is 81.7 Å². The summed E-state index contributed by atoms with van der Waals surface area (Å²) in [5.74, 6) is 1.33. The largest absolute Gasteiger partial charge is 0.382 e. The van der Waals surface area contributed by atoms with Gasteiger partial charge in [-0.2, -0.15) is 5.10 Å². The minimum Gasteiger partial charge on any atom is -0.382 e. The third-order valence-corrected chi connectivity index (χ3v) is 2.15. The highest BCUT2D eigenvalue weighted by Crippen LogP contribution is 2.12. The second-order valence-electron chi connectivity index (χ2n) is 3.45. The molecule has 0 bridgehead atoms. The number of aromatic nitrogens is 4. The van der Waals surface area contributed by atoms with Crippen LogP contribution in [0.5, 0.6) is 0 Å². The fraction of sp³-hybridized carbons (Fsp3) is 0.300. The molecule has 6 heteroatoms. The summed E-state index contributed by atoms with van der Waals surface area (Å²) in [6, 6.07) is 3.74. The minimum absolute atomic E-state index is 0.511. The number of nitrogens with zero attached hydrogens (tertiary/aromatic N) is 4. The monoisotopic (exact) mass is 218 g/mol. The zero-order valence-corrected chi connectivity index (χ0v) is 9.09.